The van der Waals surface area contributed by atoms with Gasteiger partial charge in [-0.1, -0.05) is 5.16 Å². The SMILES string of the molecule is Nc1nc(/C(=N/OC2CCC(=O)CC2)C(=O)O)cs1. The predicted octanol–water partition coefficient (Wildman–Crippen LogP) is 1.04. The van der Waals surface area contributed by atoms with Gasteiger partial charge in [-0.05, 0) is 12.8 Å². The third kappa shape index (κ3) is 3.50. The molecule has 7 nitrogen and oxygen atoms in total. The first-order valence-electron chi connectivity index (χ1n) is 5.76. The lowest BCUT2D eigenvalue weighted by Gasteiger charge is -2.18. The van der Waals surface area contributed by atoms with Gasteiger partial charge in [0.1, 0.15) is 17.6 Å². The number of ketones is 1. The molecular formula is C11H13N3O4S. The minimum atomic E-state index is -1.22. The van der Waals surface area contributed by atoms with Gasteiger partial charge in [0, 0.05) is 18.2 Å². The molecule has 8 heteroatoms. The summed E-state index contributed by atoms with van der Waals surface area (Å²) < 4.78 is 0. The number of carbonyl (C=O) groups is 2. The van der Waals surface area contributed by atoms with Gasteiger partial charge in [-0.3, -0.25) is 4.79 Å². The van der Waals surface area contributed by atoms with Crippen LogP contribution in [0, 0.1) is 0 Å². The lowest BCUT2D eigenvalue weighted by molar-refractivity contribution is -0.130. The molecule has 1 heterocycles. The van der Waals surface area contributed by atoms with E-state index in [0.717, 1.165) is 11.3 Å². The van der Waals surface area contributed by atoms with Crippen LogP contribution in [0.5, 0.6) is 0 Å². The van der Waals surface area contributed by atoms with E-state index in [-0.39, 0.29) is 28.4 Å². The molecular weight excluding hydrogens is 270 g/mol. The Kier molecular flexibility index (Phi) is 4.10. The smallest absolute Gasteiger partial charge is 0.360 e. The van der Waals surface area contributed by atoms with E-state index in [1.807, 2.05) is 0 Å². The summed E-state index contributed by atoms with van der Waals surface area (Å²) in [5, 5.41) is 14.5. The van der Waals surface area contributed by atoms with E-state index >= 15 is 0 Å². The van der Waals surface area contributed by atoms with E-state index in [9.17, 15) is 9.59 Å². The van der Waals surface area contributed by atoms with Crippen molar-refractivity contribution in [2.24, 2.45) is 5.16 Å². The van der Waals surface area contributed by atoms with Crippen molar-refractivity contribution < 1.29 is 19.5 Å². The lowest BCUT2D eigenvalue weighted by atomic mass is 9.97. The van der Waals surface area contributed by atoms with E-state index in [1.165, 1.54) is 5.38 Å². The summed E-state index contributed by atoms with van der Waals surface area (Å²) in [4.78, 5) is 31.2. The van der Waals surface area contributed by atoms with Crippen molar-refractivity contribution >= 4 is 33.9 Å². The molecule has 0 amide bonds. The summed E-state index contributed by atoms with van der Waals surface area (Å²) >= 11 is 1.13. The second kappa shape index (κ2) is 5.79. The van der Waals surface area contributed by atoms with Crippen LogP contribution in [0.15, 0.2) is 10.5 Å². The molecule has 0 spiro atoms. The summed E-state index contributed by atoms with van der Waals surface area (Å²) in [7, 11) is 0. The molecule has 0 aromatic carbocycles. The minimum Gasteiger partial charge on any atom is -0.476 e. The van der Waals surface area contributed by atoms with Crippen LogP contribution in [0.1, 0.15) is 31.4 Å². The fourth-order valence-electron chi connectivity index (χ4n) is 1.74. The number of nitrogens with two attached hydrogens (primary N) is 1. The molecule has 3 N–H and O–H groups in total. The van der Waals surface area contributed by atoms with Crippen LogP contribution in [0.2, 0.25) is 0 Å². The highest BCUT2D eigenvalue weighted by Gasteiger charge is 2.22. The Bertz CT molecular complexity index is 516. The zero-order chi connectivity index (χ0) is 13.8. The van der Waals surface area contributed by atoms with Crippen LogP contribution in [0.3, 0.4) is 0 Å². The van der Waals surface area contributed by atoms with Crippen LogP contribution in [-0.2, 0) is 14.4 Å². The summed E-state index contributed by atoms with van der Waals surface area (Å²) in [6.07, 6.45) is 1.81. The normalized spacial score (nSPS) is 17.5. The van der Waals surface area contributed by atoms with Gasteiger partial charge in [0.2, 0.25) is 5.71 Å². The number of nitrogen functional groups attached to an aromatic ring is 1. The second-order valence-corrected chi connectivity index (χ2v) is 5.05. The average Bonchev–Trinajstić information content (AvgIpc) is 2.78. The molecule has 102 valence electrons. The number of carbonyl (C=O) groups excluding carboxylic acids is 1. The molecule has 0 unspecified atom stereocenters. The Morgan fingerprint density at radius 3 is 2.74 bits per heavy atom. The fraction of sp³-hybridized carbons (Fsp3) is 0.455. The molecule has 1 saturated carbocycles. The molecule has 1 fully saturated rings. The standard InChI is InChI=1S/C11H13N3O4S/c12-11-13-8(5-19-11)9(10(16)17)14-18-7-3-1-6(15)2-4-7/h5,7H,1-4H2,(H2,12,13)(H,16,17)/b14-9-. The van der Waals surface area contributed by atoms with Gasteiger partial charge in [0.25, 0.3) is 0 Å². The number of nitrogens with zero attached hydrogens (tertiary/aromatic N) is 2. The predicted molar refractivity (Wildman–Crippen MR) is 69.0 cm³/mol. The molecule has 1 aliphatic carbocycles. The summed E-state index contributed by atoms with van der Waals surface area (Å²) in [6.45, 7) is 0. The second-order valence-electron chi connectivity index (χ2n) is 4.16. The van der Waals surface area contributed by atoms with Crippen molar-refractivity contribution in [3.8, 4) is 0 Å². The van der Waals surface area contributed by atoms with Crippen molar-refractivity contribution in [3.05, 3.63) is 11.1 Å². The van der Waals surface area contributed by atoms with Crippen LogP contribution in [0.25, 0.3) is 0 Å². The zero-order valence-corrected chi connectivity index (χ0v) is 10.9. The van der Waals surface area contributed by atoms with Crippen molar-refractivity contribution in [2.75, 3.05) is 5.73 Å². The molecule has 0 radical (unpaired) electrons. The van der Waals surface area contributed by atoms with Crippen LogP contribution in [-0.4, -0.2) is 33.7 Å². The first-order chi connectivity index (χ1) is 9.06. The highest BCUT2D eigenvalue weighted by atomic mass is 32.1. The molecule has 1 aromatic heterocycles. The fourth-order valence-corrected chi connectivity index (χ4v) is 2.29. The first-order valence-corrected chi connectivity index (χ1v) is 6.64. The highest BCUT2D eigenvalue weighted by Crippen LogP contribution is 2.19. The van der Waals surface area contributed by atoms with Crippen LogP contribution < -0.4 is 5.73 Å². The van der Waals surface area contributed by atoms with Crippen molar-refractivity contribution in [1.29, 1.82) is 0 Å². The molecule has 1 aliphatic rings. The molecule has 0 aliphatic heterocycles. The third-order valence-electron chi connectivity index (χ3n) is 2.75. The first kappa shape index (κ1) is 13.5. The molecule has 1 aromatic rings. The Balaban J connectivity index is 2.05. The maximum Gasteiger partial charge on any atom is 0.360 e. The van der Waals surface area contributed by atoms with Gasteiger partial charge in [-0.2, -0.15) is 0 Å². The van der Waals surface area contributed by atoms with Crippen molar-refractivity contribution in [1.82, 2.24) is 4.98 Å². The third-order valence-corrected chi connectivity index (χ3v) is 3.42. The van der Waals surface area contributed by atoms with Crippen molar-refractivity contribution in [2.45, 2.75) is 31.8 Å². The van der Waals surface area contributed by atoms with Gasteiger partial charge in [0.05, 0.1) is 0 Å². The summed E-state index contributed by atoms with van der Waals surface area (Å²) in [5.41, 5.74) is 5.36. The van der Waals surface area contributed by atoms with E-state index in [1.54, 1.807) is 0 Å². The number of aromatic nitrogens is 1. The molecule has 2 rings (SSSR count). The van der Waals surface area contributed by atoms with Gasteiger partial charge in [-0.15, -0.1) is 11.3 Å². The van der Waals surface area contributed by atoms with Crippen LogP contribution >= 0.6 is 11.3 Å². The van der Waals surface area contributed by atoms with E-state index < -0.39 is 5.97 Å². The lowest BCUT2D eigenvalue weighted by Crippen LogP contribution is -2.22. The summed E-state index contributed by atoms with van der Waals surface area (Å²) in [5.74, 6) is -1.02. The zero-order valence-electron chi connectivity index (χ0n) is 10.0. The van der Waals surface area contributed by atoms with Gasteiger partial charge >= 0.3 is 5.97 Å². The Morgan fingerprint density at radius 2 is 2.21 bits per heavy atom. The monoisotopic (exact) mass is 283 g/mol. The largest absolute Gasteiger partial charge is 0.476 e. The number of anilines is 1. The number of carboxylic acid groups (broad SMARTS) is 1. The number of Topliss-reactive ketones (excluding diaryl/α,β-unsaturated/α-hetero) is 1. The topological polar surface area (TPSA) is 115 Å². The number of oxime groups is 1. The quantitative estimate of drug-likeness (QED) is 0.630. The summed E-state index contributed by atoms with van der Waals surface area (Å²) in [6, 6.07) is 0. The minimum absolute atomic E-state index is 0.182. The maximum atomic E-state index is 11.1. The Morgan fingerprint density at radius 1 is 1.53 bits per heavy atom. The van der Waals surface area contributed by atoms with Crippen molar-refractivity contribution in [3.63, 3.8) is 0 Å². The number of hydrogen-bond donors (Lipinski definition) is 2. The molecule has 0 bridgehead atoms. The van der Waals surface area contributed by atoms with Crippen LogP contribution in [0.4, 0.5) is 5.13 Å². The molecule has 0 atom stereocenters. The van der Waals surface area contributed by atoms with Gasteiger partial charge < -0.3 is 15.7 Å². The van der Waals surface area contributed by atoms with E-state index in [2.05, 4.69) is 10.1 Å². The Hall–Kier alpha value is -1.96. The average molecular weight is 283 g/mol. The number of aliphatic carboxylic acids is 1. The highest BCUT2D eigenvalue weighted by molar-refractivity contribution is 7.13. The number of carboxylic acids is 1. The van der Waals surface area contributed by atoms with Gasteiger partial charge in [-0.25, -0.2) is 9.78 Å². The van der Waals surface area contributed by atoms with E-state index in [0.29, 0.717) is 25.7 Å². The number of thiazole rings is 1. The number of rotatable bonds is 4. The molecule has 19 heavy (non-hydrogen) atoms. The number of hydrogen-bond acceptors (Lipinski definition) is 7. The van der Waals surface area contributed by atoms with E-state index in [4.69, 9.17) is 15.7 Å². The maximum absolute atomic E-state index is 11.1. The molecule has 0 saturated heterocycles. The van der Waals surface area contributed by atoms with Gasteiger partial charge in [0.15, 0.2) is 5.13 Å². The Labute approximate surface area is 113 Å².